The Morgan fingerprint density at radius 3 is 2.47 bits per heavy atom. The molecular weight excluding hydrogens is 210 g/mol. The van der Waals surface area contributed by atoms with Crippen molar-refractivity contribution < 1.29 is 0 Å². The Hall–Kier alpha value is -2.34. The molecule has 84 valence electrons. The van der Waals surface area contributed by atoms with Gasteiger partial charge in [0.25, 0.3) is 0 Å². The van der Waals surface area contributed by atoms with Crippen LogP contribution in [-0.2, 0) is 0 Å². The highest BCUT2D eigenvalue weighted by Gasteiger charge is 2.05. The molecule has 0 radical (unpaired) electrons. The van der Waals surface area contributed by atoms with E-state index in [0.717, 1.165) is 11.3 Å². The third-order valence-electron chi connectivity index (χ3n) is 2.85. The average Bonchev–Trinajstić information content (AvgIpc) is 2.32. The van der Waals surface area contributed by atoms with Gasteiger partial charge < -0.3 is 5.73 Å². The molecule has 1 aromatic carbocycles. The van der Waals surface area contributed by atoms with Crippen molar-refractivity contribution >= 4 is 5.82 Å². The van der Waals surface area contributed by atoms with Crippen molar-refractivity contribution in [2.24, 2.45) is 0 Å². The van der Waals surface area contributed by atoms with Crippen molar-refractivity contribution in [2.45, 2.75) is 13.8 Å². The van der Waals surface area contributed by atoms with Gasteiger partial charge in [-0.2, -0.15) is 5.26 Å². The summed E-state index contributed by atoms with van der Waals surface area (Å²) in [5.74, 6) is 0.281. The summed E-state index contributed by atoms with van der Waals surface area (Å²) in [5, 5.41) is 8.79. The minimum absolute atomic E-state index is 0.281. The van der Waals surface area contributed by atoms with Crippen LogP contribution in [0.1, 0.15) is 16.7 Å². The van der Waals surface area contributed by atoms with Crippen LogP contribution in [-0.4, -0.2) is 4.98 Å². The molecule has 0 saturated carbocycles. The molecule has 1 heterocycles. The van der Waals surface area contributed by atoms with Gasteiger partial charge in [0.2, 0.25) is 0 Å². The molecule has 0 aliphatic heterocycles. The van der Waals surface area contributed by atoms with Crippen LogP contribution < -0.4 is 5.73 Å². The second kappa shape index (κ2) is 4.26. The zero-order valence-electron chi connectivity index (χ0n) is 9.86. The quantitative estimate of drug-likeness (QED) is 0.808. The van der Waals surface area contributed by atoms with Crippen LogP contribution in [0.15, 0.2) is 30.3 Å². The number of aromatic nitrogens is 1. The number of rotatable bonds is 1. The molecule has 0 bridgehead atoms. The predicted molar refractivity (Wildman–Crippen MR) is 68.3 cm³/mol. The minimum atomic E-state index is 0.281. The molecule has 0 aliphatic carbocycles. The van der Waals surface area contributed by atoms with Crippen LogP contribution in [0.3, 0.4) is 0 Å². The first-order valence-electron chi connectivity index (χ1n) is 5.36. The van der Waals surface area contributed by atoms with Crippen LogP contribution in [0.25, 0.3) is 11.3 Å². The molecule has 0 spiro atoms. The molecule has 1 aromatic heterocycles. The summed E-state index contributed by atoms with van der Waals surface area (Å²) in [6.07, 6.45) is 0. The zero-order valence-corrected chi connectivity index (χ0v) is 9.86. The van der Waals surface area contributed by atoms with Gasteiger partial charge in [-0.15, -0.1) is 0 Å². The van der Waals surface area contributed by atoms with Crippen LogP contribution >= 0.6 is 0 Å². The number of hydrogen-bond acceptors (Lipinski definition) is 3. The summed E-state index contributed by atoms with van der Waals surface area (Å²) < 4.78 is 0. The van der Waals surface area contributed by atoms with Crippen LogP contribution in [0.2, 0.25) is 0 Å². The van der Waals surface area contributed by atoms with Gasteiger partial charge in [-0.05, 0) is 43.2 Å². The predicted octanol–water partition coefficient (Wildman–Crippen LogP) is 2.82. The van der Waals surface area contributed by atoms with Crippen molar-refractivity contribution in [3.8, 4) is 17.3 Å². The fourth-order valence-electron chi connectivity index (χ4n) is 1.63. The first-order chi connectivity index (χ1) is 8.11. The number of pyridine rings is 1. The third kappa shape index (κ3) is 2.11. The molecule has 0 saturated heterocycles. The van der Waals surface area contributed by atoms with Gasteiger partial charge in [0.1, 0.15) is 11.9 Å². The summed E-state index contributed by atoms with van der Waals surface area (Å²) in [7, 11) is 0. The first-order valence-corrected chi connectivity index (χ1v) is 5.36. The van der Waals surface area contributed by atoms with E-state index in [1.54, 1.807) is 6.07 Å². The molecule has 0 aliphatic rings. The molecule has 2 N–H and O–H groups in total. The van der Waals surface area contributed by atoms with Crippen LogP contribution in [0.5, 0.6) is 0 Å². The molecule has 17 heavy (non-hydrogen) atoms. The molecule has 0 atom stereocenters. The number of anilines is 1. The summed E-state index contributed by atoms with van der Waals surface area (Å²) in [6, 6.07) is 11.7. The van der Waals surface area contributed by atoms with Crippen LogP contribution in [0, 0.1) is 25.2 Å². The summed E-state index contributed by atoms with van der Waals surface area (Å²) in [6.45, 7) is 4.13. The maximum atomic E-state index is 8.79. The first kappa shape index (κ1) is 11.2. The van der Waals surface area contributed by atoms with E-state index in [0.29, 0.717) is 5.56 Å². The Morgan fingerprint density at radius 1 is 1.12 bits per heavy atom. The molecule has 3 heteroatoms. The van der Waals surface area contributed by atoms with E-state index in [1.165, 1.54) is 11.1 Å². The topological polar surface area (TPSA) is 62.7 Å². The maximum absolute atomic E-state index is 8.79. The second-order valence-corrected chi connectivity index (χ2v) is 4.04. The van der Waals surface area contributed by atoms with Crippen molar-refractivity contribution in [1.29, 1.82) is 5.26 Å². The van der Waals surface area contributed by atoms with E-state index in [-0.39, 0.29) is 5.82 Å². The third-order valence-corrected chi connectivity index (χ3v) is 2.85. The van der Waals surface area contributed by atoms with Crippen molar-refractivity contribution in [1.82, 2.24) is 4.98 Å². The number of nitrogens with two attached hydrogens (primary N) is 1. The van der Waals surface area contributed by atoms with E-state index < -0.39 is 0 Å². The second-order valence-electron chi connectivity index (χ2n) is 4.04. The van der Waals surface area contributed by atoms with E-state index >= 15 is 0 Å². The van der Waals surface area contributed by atoms with Gasteiger partial charge in [-0.3, -0.25) is 0 Å². The molecule has 2 rings (SSSR count). The Bertz CT molecular complexity index is 609. The van der Waals surface area contributed by atoms with E-state index in [2.05, 4.69) is 31.0 Å². The molecule has 2 aromatic rings. The highest BCUT2D eigenvalue weighted by molar-refractivity contribution is 5.64. The van der Waals surface area contributed by atoms with E-state index in [9.17, 15) is 0 Å². The lowest BCUT2D eigenvalue weighted by molar-refractivity contribution is 1.29. The smallest absolute Gasteiger partial charge is 0.142 e. The fraction of sp³-hybridized carbons (Fsp3) is 0.143. The number of hydrogen-bond donors (Lipinski definition) is 1. The minimum Gasteiger partial charge on any atom is -0.383 e. The van der Waals surface area contributed by atoms with Crippen LogP contribution in [0.4, 0.5) is 5.82 Å². The van der Waals surface area contributed by atoms with Gasteiger partial charge in [0.05, 0.1) is 11.3 Å². The number of nitriles is 1. The average molecular weight is 223 g/mol. The standard InChI is InChI=1S/C14H13N3/c1-9-3-4-11(7-10(9)2)13-6-5-12(8-15)14(16)17-13/h3-7H,1-2H3,(H2,16,17). The number of nitrogens with zero attached hydrogens (tertiary/aromatic N) is 2. The molecule has 0 unspecified atom stereocenters. The lowest BCUT2D eigenvalue weighted by Gasteiger charge is -2.06. The van der Waals surface area contributed by atoms with E-state index in [4.69, 9.17) is 11.0 Å². The summed E-state index contributed by atoms with van der Waals surface area (Å²) in [4.78, 5) is 4.24. The molecule has 0 amide bonds. The highest BCUT2D eigenvalue weighted by atomic mass is 14.8. The zero-order chi connectivity index (χ0) is 12.4. The van der Waals surface area contributed by atoms with Crippen molar-refractivity contribution in [3.05, 3.63) is 47.0 Å². The maximum Gasteiger partial charge on any atom is 0.142 e. The van der Waals surface area contributed by atoms with Gasteiger partial charge in [0, 0.05) is 5.56 Å². The largest absolute Gasteiger partial charge is 0.383 e. The number of benzene rings is 1. The Labute approximate surface area is 101 Å². The normalized spacial score (nSPS) is 9.94. The molecule has 3 nitrogen and oxygen atoms in total. The monoisotopic (exact) mass is 223 g/mol. The lowest BCUT2D eigenvalue weighted by Crippen LogP contribution is -1.96. The summed E-state index contributed by atoms with van der Waals surface area (Å²) in [5.41, 5.74) is 10.4. The SMILES string of the molecule is Cc1ccc(-c2ccc(C#N)c(N)n2)cc1C. The highest BCUT2D eigenvalue weighted by Crippen LogP contribution is 2.22. The Morgan fingerprint density at radius 2 is 1.88 bits per heavy atom. The van der Waals surface area contributed by atoms with Gasteiger partial charge >= 0.3 is 0 Å². The summed E-state index contributed by atoms with van der Waals surface area (Å²) >= 11 is 0. The Kier molecular flexibility index (Phi) is 2.80. The Balaban J connectivity index is 2.50. The van der Waals surface area contributed by atoms with Gasteiger partial charge in [0.15, 0.2) is 0 Å². The molecular formula is C14H13N3. The van der Waals surface area contributed by atoms with Crippen molar-refractivity contribution in [2.75, 3.05) is 5.73 Å². The fourth-order valence-corrected chi connectivity index (χ4v) is 1.63. The van der Waals surface area contributed by atoms with Crippen molar-refractivity contribution in [3.63, 3.8) is 0 Å². The van der Waals surface area contributed by atoms with Gasteiger partial charge in [-0.25, -0.2) is 4.98 Å². The number of aryl methyl sites for hydroxylation is 2. The molecule has 0 fully saturated rings. The van der Waals surface area contributed by atoms with E-state index in [1.807, 2.05) is 18.2 Å². The lowest BCUT2D eigenvalue weighted by atomic mass is 10.0. The van der Waals surface area contributed by atoms with Gasteiger partial charge in [-0.1, -0.05) is 12.1 Å². The number of nitrogen functional groups attached to an aromatic ring is 1.